The summed E-state index contributed by atoms with van der Waals surface area (Å²) in [5.74, 6) is 1.32. The molecule has 0 bridgehead atoms. The van der Waals surface area contributed by atoms with Gasteiger partial charge in [0.15, 0.2) is 0 Å². The molecule has 0 N–H and O–H groups in total. The molecule has 0 amide bonds. The van der Waals surface area contributed by atoms with Crippen LogP contribution in [0.5, 0.6) is 0 Å². The lowest BCUT2D eigenvalue weighted by Crippen LogP contribution is -2.14. The fourth-order valence-corrected chi connectivity index (χ4v) is 5.32. The van der Waals surface area contributed by atoms with E-state index in [1.807, 2.05) is 51.1 Å². The number of thiophene rings is 1. The third-order valence-corrected chi connectivity index (χ3v) is 7.62. The van der Waals surface area contributed by atoms with Gasteiger partial charge in [-0.3, -0.25) is 0 Å². The molecule has 0 fully saturated rings. The molecule has 0 radical (unpaired) electrons. The molecule has 5 rings (SSSR count). The summed E-state index contributed by atoms with van der Waals surface area (Å²) in [4.78, 5) is 7.87. The van der Waals surface area contributed by atoms with E-state index in [0.29, 0.717) is 11.3 Å². The first-order valence-electron chi connectivity index (χ1n) is 13.3. The second-order valence-corrected chi connectivity index (χ2v) is 11.6. The van der Waals surface area contributed by atoms with Gasteiger partial charge in [-0.1, -0.05) is 69.3 Å². The molecule has 200 valence electrons. The van der Waals surface area contributed by atoms with Crippen molar-refractivity contribution in [3.63, 3.8) is 0 Å². The normalized spacial score (nSPS) is 14.4. The van der Waals surface area contributed by atoms with Crippen molar-refractivity contribution < 1.29 is 4.74 Å². The Balaban J connectivity index is 1.38. The predicted molar refractivity (Wildman–Crippen MR) is 169 cm³/mol. The average molecular weight is 552 g/mol. The number of nitrogens with zero attached hydrogens (tertiary/aromatic N) is 3. The molecule has 0 unspecified atom stereocenters. The molecule has 1 aliphatic rings. The maximum Gasteiger partial charge on any atom is 0.269 e. The summed E-state index contributed by atoms with van der Waals surface area (Å²) < 4.78 is 6.13. The SMILES string of the molecule is [C-]#[N+]C(C#N)=C1C=C(C=Cc2ccc(-c3ccc(N(c4ccccc4)c4ccccc4)cc3)s2)OC(C(C)(C)C)=C1. The third kappa shape index (κ3) is 6.39. The first-order chi connectivity index (χ1) is 19.9. The largest absolute Gasteiger partial charge is 0.461 e. The Hall–Kier alpha value is -5.10. The molecule has 2 heterocycles. The van der Waals surface area contributed by atoms with Crippen LogP contribution in [-0.4, -0.2) is 0 Å². The highest BCUT2D eigenvalue weighted by Gasteiger charge is 2.24. The number of nitriles is 1. The van der Waals surface area contributed by atoms with Crippen LogP contribution in [0.1, 0.15) is 25.6 Å². The summed E-state index contributed by atoms with van der Waals surface area (Å²) in [5.41, 5.74) is 4.81. The molecule has 4 nitrogen and oxygen atoms in total. The first-order valence-corrected chi connectivity index (χ1v) is 14.1. The van der Waals surface area contributed by atoms with Crippen LogP contribution in [0.4, 0.5) is 17.1 Å². The number of anilines is 3. The molecule has 0 spiro atoms. The summed E-state index contributed by atoms with van der Waals surface area (Å²) in [7, 11) is 0. The standard InChI is InChI=1S/C36H29N3OS/c1-36(2,3)35-24-27(33(25-37)38-4)23-31(40-35)19-20-32-21-22-34(41-32)26-15-17-30(18-16-26)39(28-11-7-5-8-12-28)29-13-9-6-10-14-29/h5-24H,1-3H3. The molecular weight excluding hydrogens is 522 g/mol. The molecule has 1 aliphatic heterocycles. The highest BCUT2D eigenvalue weighted by molar-refractivity contribution is 7.16. The zero-order valence-corrected chi connectivity index (χ0v) is 24.0. The van der Waals surface area contributed by atoms with Crippen molar-refractivity contribution in [2.45, 2.75) is 20.8 Å². The Labute approximate surface area is 245 Å². The molecule has 1 aromatic heterocycles. The molecule has 0 atom stereocenters. The van der Waals surface area contributed by atoms with Crippen molar-refractivity contribution in [3.05, 3.63) is 154 Å². The molecule has 0 saturated heterocycles. The van der Waals surface area contributed by atoms with Gasteiger partial charge < -0.3 is 9.64 Å². The summed E-state index contributed by atoms with van der Waals surface area (Å²) >= 11 is 1.69. The highest BCUT2D eigenvalue weighted by atomic mass is 32.1. The van der Waals surface area contributed by atoms with Gasteiger partial charge in [0.25, 0.3) is 5.70 Å². The van der Waals surface area contributed by atoms with Crippen LogP contribution in [0.25, 0.3) is 21.4 Å². The Morgan fingerprint density at radius 3 is 2.00 bits per heavy atom. The van der Waals surface area contributed by atoms with E-state index in [1.165, 1.54) is 0 Å². The zero-order valence-electron chi connectivity index (χ0n) is 23.2. The van der Waals surface area contributed by atoms with Gasteiger partial charge in [0.1, 0.15) is 11.5 Å². The number of benzene rings is 3. The topological polar surface area (TPSA) is 40.6 Å². The molecular formula is C36H29N3OS. The number of rotatable bonds is 6. The summed E-state index contributed by atoms with van der Waals surface area (Å²) in [6.45, 7) is 13.5. The molecule has 41 heavy (non-hydrogen) atoms. The van der Waals surface area contributed by atoms with Crippen molar-refractivity contribution in [3.8, 4) is 16.5 Å². The zero-order chi connectivity index (χ0) is 28.8. The molecule has 0 aliphatic carbocycles. The van der Waals surface area contributed by atoms with E-state index < -0.39 is 0 Å². The molecule has 5 heteroatoms. The van der Waals surface area contributed by atoms with E-state index in [-0.39, 0.29) is 11.1 Å². The highest BCUT2D eigenvalue weighted by Crippen LogP contribution is 2.37. The van der Waals surface area contributed by atoms with Crippen LogP contribution in [0.15, 0.2) is 138 Å². The third-order valence-electron chi connectivity index (χ3n) is 6.52. The van der Waals surface area contributed by atoms with Crippen molar-refractivity contribution in [2.24, 2.45) is 5.41 Å². The van der Waals surface area contributed by atoms with Gasteiger partial charge in [-0.15, -0.1) is 11.3 Å². The van der Waals surface area contributed by atoms with Crippen molar-refractivity contribution >= 4 is 34.5 Å². The Morgan fingerprint density at radius 1 is 0.829 bits per heavy atom. The van der Waals surface area contributed by atoms with E-state index in [0.717, 1.165) is 38.1 Å². The smallest absolute Gasteiger partial charge is 0.269 e. The van der Waals surface area contributed by atoms with E-state index in [2.05, 4.69) is 94.7 Å². The van der Waals surface area contributed by atoms with Crippen LogP contribution in [0, 0.1) is 23.3 Å². The Morgan fingerprint density at radius 2 is 1.44 bits per heavy atom. The lowest BCUT2D eigenvalue weighted by molar-refractivity contribution is 0.223. The minimum atomic E-state index is -0.264. The average Bonchev–Trinajstić information content (AvgIpc) is 3.47. The minimum absolute atomic E-state index is 0.0564. The van der Waals surface area contributed by atoms with Crippen LogP contribution >= 0.6 is 11.3 Å². The van der Waals surface area contributed by atoms with Crippen LogP contribution in [0.3, 0.4) is 0 Å². The van der Waals surface area contributed by atoms with Gasteiger partial charge >= 0.3 is 0 Å². The van der Waals surface area contributed by atoms with Gasteiger partial charge in [-0.25, -0.2) is 10.1 Å². The number of allylic oxidation sites excluding steroid dienone is 6. The minimum Gasteiger partial charge on any atom is -0.461 e. The Bertz CT molecular complexity index is 1680. The number of hydrogen-bond acceptors (Lipinski definition) is 4. The van der Waals surface area contributed by atoms with Gasteiger partial charge in [-0.05, 0) is 84.0 Å². The fourth-order valence-electron chi connectivity index (χ4n) is 4.40. The molecule has 0 saturated carbocycles. The Kier molecular flexibility index (Phi) is 8.01. The molecule has 3 aromatic carbocycles. The second-order valence-electron chi connectivity index (χ2n) is 10.5. The van der Waals surface area contributed by atoms with E-state index in [4.69, 9.17) is 11.3 Å². The van der Waals surface area contributed by atoms with E-state index in [1.54, 1.807) is 23.5 Å². The van der Waals surface area contributed by atoms with Gasteiger partial charge in [0.05, 0.1) is 12.6 Å². The molecule has 4 aromatic rings. The number of ether oxygens (including phenoxy) is 1. The lowest BCUT2D eigenvalue weighted by Gasteiger charge is -2.26. The van der Waals surface area contributed by atoms with E-state index >= 15 is 0 Å². The number of hydrogen-bond donors (Lipinski definition) is 0. The van der Waals surface area contributed by atoms with Crippen molar-refractivity contribution in [1.29, 1.82) is 5.26 Å². The van der Waals surface area contributed by atoms with Crippen LogP contribution in [-0.2, 0) is 4.74 Å². The maximum atomic E-state index is 9.40. The van der Waals surface area contributed by atoms with Gasteiger partial charge in [-0.2, -0.15) is 0 Å². The van der Waals surface area contributed by atoms with Crippen LogP contribution < -0.4 is 4.90 Å². The summed E-state index contributed by atoms with van der Waals surface area (Å²) in [5, 5.41) is 9.40. The van der Waals surface area contributed by atoms with Crippen molar-refractivity contribution in [1.82, 2.24) is 0 Å². The van der Waals surface area contributed by atoms with Gasteiger partial charge in [0.2, 0.25) is 0 Å². The first kappa shape index (κ1) is 27.5. The number of para-hydroxylation sites is 2. The lowest BCUT2D eigenvalue weighted by atomic mass is 9.91. The monoisotopic (exact) mass is 551 g/mol. The van der Waals surface area contributed by atoms with Crippen molar-refractivity contribution in [2.75, 3.05) is 4.90 Å². The second kappa shape index (κ2) is 12.0. The predicted octanol–water partition coefficient (Wildman–Crippen LogP) is 10.4. The van der Waals surface area contributed by atoms with Crippen LogP contribution in [0.2, 0.25) is 0 Å². The quantitative estimate of drug-likeness (QED) is 0.177. The van der Waals surface area contributed by atoms with E-state index in [9.17, 15) is 5.26 Å². The maximum absolute atomic E-state index is 9.40. The summed E-state index contributed by atoms with van der Waals surface area (Å²) in [6, 6.07) is 35.6. The fraction of sp³-hybridized carbons (Fsp3) is 0.111. The summed E-state index contributed by atoms with van der Waals surface area (Å²) in [6.07, 6.45) is 7.44. The van der Waals surface area contributed by atoms with Gasteiger partial charge in [0, 0.05) is 32.2 Å².